The van der Waals surface area contributed by atoms with Crippen molar-refractivity contribution in [3.05, 3.63) is 34.9 Å². The van der Waals surface area contributed by atoms with Gasteiger partial charge in [0.1, 0.15) is 17.7 Å². The summed E-state index contributed by atoms with van der Waals surface area (Å²) < 4.78 is 5.27. The van der Waals surface area contributed by atoms with Crippen molar-refractivity contribution in [3.8, 4) is 0 Å². The number of hydrogen-bond donors (Lipinski definition) is 3. The van der Waals surface area contributed by atoms with Crippen LogP contribution in [0.15, 0.2) is 18.2 Å². The number of aliphatic hydroxyl groups is 1. The molecule has 0 spiro atoms. The molecule has 0 aromatic heterocycles. The first-order chi connectivity index (χ1) is 16.1. The standard InChI is InChI=1S/C27H45N3O5/c1-10-11-12-15-28-23(32)22(20-14-13-18(2)19(3)16-20)30(26(4,5)6)24(33)21(17-31)29-25(34)35-27(7,8)9/h13-14,16,21-22,31H,10-12,15,17H2,1-9H3,(H,28,32)(H,29,34). The van der Waals surface area contributed by atoms with Gasteiger partial charge in [-0.2, -0.15) is 0 Å². The predicted octanol–water partition coefficient (Wildman–Crippen LogP) is 4.16. The summed E-state index contributed by atoms with van der Waals surface area (Å²) in [4.78, 5) is 41.1. The lowest BCUT2D eigenvalue weighted by atomic mass is 9.93. The Morgan fingerprint density at radius 2 is 1.66 bits per heavy atom. The van der Waals surface area contributed by atoms with Gasteiger partial charge in [0, 0.05) is 12.1 Å². The van der Waals surface area contributed by atoms with E-state index < -0.39 is 41.8 Å². The zero-order valence-corrected chi connectivity index (χ0v) is 22.9. The molecule has 0 bridgehead atoms. The Kier molecular flexibility index (Phi) is 11.2. The van der Waals surface area contributed by atoms with Crippen molar-refractivity contribution in [2.45, 2.75) is 105 Å². The summed E-state index contributed by atoms with van der Waals surface area (Å²) in [7, 11) is 0. The highest BCUT2D eigenvalue weighted by Crippen LogP contribution is 2.31. The lowest BCUT2D eigenvalue weighted by molar-refractivity contribution is -0.149. The Labute approximate surface area is 210 Å². The van der Waals surface area contributed by atoms with Crippen LogP contribution >= 0.6 is 0 Å². The van der Waals surface area contributed by atoms with Gasteiger partial charge in [-0.25, -0.2) is 4.79 Å². The van der Waals surface area contributed by atoms with Crippen molar-refractivity contribution < 1.29 is 24.2 Å². The summed E-state index contributed by atoms with van der Waals surface area (Å²) in [6, 6.07) is 3.46. The Balaban J connectivity index is 3.44. The summed E-state index contributed by atoms with van der Waals surface area (Å²) in [6.07, 6.45) is 2.04. The molecule has 198 valence electrons. The van der Waals surface area contributed by atoms with E-state index in [1.807, 2.05) is 52.8 Å². The molecule has 35 heavy (non-hydrogen) atoms. The van der Waals surface area contributed by atoms with Crippen LogP contribution in [0.25, 0.3) is 0 Å². The lowest BCUT2D eigenvalue weighted by Crippen LogP contribution is -2.59. The topological polar surface area (TPSA) is 108 Å². The number of nitrogens with zero attached hydrogens (tertiary/aromatic N) is 1. The van der Waals surface area contributed by atoms with Crippen LogP contribution in [0.3, 0.4) is 0 Å². The molecule has 0 heterocycles. The Bertz CT molecular complexity index is 871. The van der Waals surface area contributed by atoms with Crippen LogP contribution in [0.2, 0.25) is 0 Å². The minimum atomic E-state index is -1.27. The van der Waals surface area contributed by atoms with E-state index in [9.17, 15) is 19.5 Å². The number of hydrogen-bond acceptors (Lipinski definition) is 5. The van der Waals surface area contributed by atoms with Crippen LogP contribution in [0.5, 0.6) is 0 Å². The second kappa shape index (κ2) is 12.9. The molecular formula is C27H45N3O5. The second-order valence-corrected chi connectivity index (χ2v) is 11.0. The lowest BCUT2D eigenvalue weighted by Gasteiger charge is -2.43. The first-order valence-corrected chi connectivity index (χ1v) is 12.4. The van der Waals surface area contributed by atoms with Gasteiger partial charge in [0.05, 0.1) is 6.61 Å². The maximum Gasteiger partial charge on any atom is 0.408 e. The molecule has 0 aliphatic carbocycles. The Hall–Kier alpha value is -2.61. The number of carbonyl (C=O) groups is 3. The number of aliphatic hydroxyl groups excluding tert-OH is 1. The molecule has 1 rings (SSSR count). The number of amides is 3. The Morgan fingerprint density at radius 3 is 2.14 bits per heavy atom. The average molecular weight is 492 g/mol. The molecule has 8 nitrogen and oxygen atoms in total. The predicted molar refractivity (Wildman–Crippen MR) is 138 cm³/mol. The molecule has 1 aromatic carbocycles. The molecule has 0 fully saturated rings. The number of ether oxygens (including phenoxy) is 1. The fourth-order valence-corrected chi connectivity index (χ4v) is 3.68. The van der Waals surface area contributed by atoms with Crippen molar-refractivity contribution in [1.82, 2.24) is 15.5 Å². The van der Waals surface area contributed by atoms with Crippen molar-refractivity contribution in [2.75, 3.05) is 13.2 Å². The maximum atomic E-state index is 13.8. The summed E-state index contributed by atoms with van der Waals surface area (Å²) in [5.74, 6) is -0.876. The zero-order valence-electron chi connectivity index (χ0n) is 22.9. The van der Waals surface area contributed by atoms with Crippen molar-refractivity contribution in [3.63, 3.8) is 0 Å². The SMILES string of the molecule is CCCCCNC(=O)C(c1ccc(C)c(C)c1)N(C(=O)C(CO)NC(=O)OC(C)(C)C)C(C)(C)C. The highest BCUT2D eigenvalue weighted by atomic mass is 16.6. The number of alkyl carbamates (subject to hydrolysis) is 1. The van der Waals surface area contributed by atoms with E-state index in [1.54, 1.807) is 20.8 Å². The number of rotatable bonds is 10. The molecule has 0 radical (unpaired) electrons. The molecule has 2 atom stereocenters. The van der Waals surface area contributed by atoms with Crippen LogP contribution in [-0.2, 0) is 14.3 Å². The first kappa shape index (κ1) is 30.4. The molecule has 0 saturated heterocycles. The van der Waals surface area contributed by atoms with Gasteiger partial charge in [0.15, 0.2) is 0 Å². The van der Waals surface area contributed by atoms with Gasteiger partial charge >= 0.3 is 6.09 Å². The van der Waals surface area contributed by atoms with Crippen LogP contribution in [-0.4, -0.2) is 58.2 Å². The van der Waals surface area contributed by atoms with E-state index in [2.05, 4.69) is 17.6 Å². The van der Waals surface area contributed by atoms with Gasteiger partial charge in [-0.05, 0) is 78.5 Å². The third kappa shape index (κ3) is 9.51. The monoisotopic (exact) mass is 491 g/mol. The third-order valence-corrected chi connectivity index (χ3v) is 5.56. The second-order valence-electron chi connectivity index (χ2n) is 11.0. The van der Waals surface area contributed by atoms with E-state index in [0.29, 0.717) is 12.1 Å². The zero-order chi connectivity index (χ0) is 27.0. The number of unbranched alkanes of at least 4 members (excludes halogenated alkanes) is 2. The van der Waals surface area contributed by atoms with E-state index in [4.69, 9.17) is 4.74 Å². The summed E-state index contributed by atoms with van der Waals surface area (Å²) in [6.45, 7) is 16.5. The van der Waals surface area contributed by atoms with Gasteiger partial charge in [-0.1, -0.05) is 38.0 Å². The van der Waals surface area contributed by atoms with E-state index in [0.717, 1.165) is 30.4 Å². The van der Waals surface area contributed by atoms with Gasteiger partial charge in [0.2, 0.25) is 11.8 Å². The smallest absolute Gasteiger partial charge is 0.408 e. The fourth-order valence-electron chi connectivity index (χ4n) is 3.68. The quantitative estimate of drug-likeness (QED) is 0.426. The van der Waals surface area contributed by atoms with Gasteiger partial charge in [0.25, 0.3) is 0 Å². The molecule has 0 aliphatic heterocycles. The first-order valence-electron chi connectivity index (χ1n) is 12.4. The van der Waals surface area contributed by atoms with E-state index in [1.165, 1.54) is 4.90 Å². The summed E-state index contributed by atoms with van der Waals surface area (Å²) >= 11 is 0. The molecule has 3 N–H and O–H groups in total. The molecular weight excluding hydrogens is 446 g/mol. The average Bonchev–Trinajstić information content (AvgIpc) is 2.72. The normalized spacial score (nSPS) is 13.5. The van der Waals surface area contributed by atoms with Crippen molar-refractivity contribution in [1.29, 1.82) is 0 Å². The van der Waals surface area contributed by atoms with E-state index >= 15 is 0 Å². The van der Waals surface area contributed by atoms with Gasteiger partial charge in [-0.15, -0.1) is 0 Å². The largest absolute Gasteiger partial charge is 0.444 e. The highest BCUT2D eigenvalue weighted by molar-refractivity contribution is 5.92. The molecule has 8 heteroatoms. The number of benzene rings is 1. The highest BCUT2D eigenvalue weighted by Gasteiger charge is 2.41. The third-order valence-electron chi connectivity index (χ3n) is 5.56. The maximum absolute atomic E-state index is 13.8. The number of nitrogens with one attached hydrogen (secondary N) is 2. The molecule has 0 aliphatic rings. The van der Waals surface area contributed by atoms with Crippen LogP contribution < -0.4 is 10.6 Å². The Morgan fingerprint density at radius 1 is 1.03 bits per heavy atom. The summed E-state index contributed by atoms with van der Waals surface area (Å²) in [5.41, 5.74) is 1.17. The molecule has 0 saturated carbocycles. The van der Waals surface area contributed by atoms with Crippen LogP contribution in [0, 0.1) is 13.8 Å². The van der Waals surface area contributed by atoms with Crippen LogP contribution in [0.4, 0.5) is 4.79 Å². The fraction of sp³-hybridized carbons (Fsp3) is 0.667. The number of aryl methyl sites for hydroxylation is 2. The number of carbonyl (C=O) groups excluding carboxylic acids is 3. The minimum Gasteiger partial charge on any atom is -0.444 e. The van der Waals surface area contributed by atoms with Gasteiger partial charge < -0.3 is 25.4 Å². The van der Waals surface area contributed by atoms with Gasteiger partial charge in [-0.3, -0.25) is 9.59 Å². The van der Waals surface area contributed by atoms with Crippen molar-refractivity contribution >= 4 is 17.9 Å². The molecule has 2 unspecified atom stereocenters. The minimum absolute atomic E-state index is 0.304. The molecule has 3 amide bonds. The van der Waals surface area contributed by atoms with Crippen molar-refractivity contribution in [2.24, 2.45) is 0 Å². The van der Waals surface area contributed by atoms with Crippen LogP contribution in [0.1, 0.15) is 90.5 Å². The van der Waals surface area contributed by atoms with E-state index in [-0.39, 0.29) is 5.91 Å². The summed E-state index contributed by atoms with van der Waals surface area (Å²) in [5, 5.41) is 15.5. The molecule has 1 aromatic rings.